The van der Waals surface area contributed by atoms with Gasteiger partial charge in [0.05, 0.1) is 0 Å². The molecule has 1 aliphatic rings. The van der Waals surface area contributed by atoms with E-state index in [0.29, 0.717) is 18.7 Å². The molecule has 0 radical (unpaired) electrons. The summed E-state index contributed by atoms with van der Waals surface area (Å²) < 4.78 is 13.7. The molecule has 1 unspecified atom stereocenters. The van der Waals surface area contributed by atoms with E-state index in [-0.39, 0.29) is 17.8 Å². The van der Waals surface area contributed by atoms with Gasteiger partial charge in [-0.05, 0) is 18.1 Å². The van der Waals surface area contributed by atoms with Gasteiger partial charge in [-0.1, -0.05) is 12.1 Å². The van der Waals surface area contributed by atoms with E-state index in [1.54, 1.807) is 6.07 Å². The van der Waals surface area contributed by atoms with Crippen LogP contribution in [0.25, 0.3) is 0 Å². The monoisotopic (exact) mass is 265 g/mol. The first-order valence-corrected chi connectivity index (χ1v) is 6.55. The van der Waals surface area contributed by atoms with E-state index in [2.05, 4.69) is 10.2 Å². The van der Waals surface area contributed by atoms with Gasteiger partial charge in [0.1, 0.15) is 5.82 Å². The van der Waals surface area contributed by atoms with E-state index >= 15 is 0 Å². The van der Waals surface area contributed by atoms with Crippen LogP contribution in [0.5, 0.6) is 0 Å². The van der Waals surface area contributed by atoms with Crippen LogP contribution >= 0.6 is 0 Å². The summed E-state index contributed by atoms with van der Waals surface area (Å²) >= 11 is 0. The van der Waals surface area contributed by atoms with Gasteiger partial charge in [-0.2, -0.15) is 0 Å². The zero-order valence-electron chi connectivity index (χ0n) is 11.2. The smallest absolute Gasteiger partial charge is 0.217 e. The fraction of sp³-hybridized carbons (Fsp3) is 0.500. The van der Waals surface area contributed by atoms with E-state index in [9.17, 15) is 9.18 Å². The molecule has 1 aliphatic heterocycles. The largest absolute Gasteiger partial charge is 0.352 e. The Morgan fingerprint density at radius 3 is 3.05 bits per heavy atom. The van der Waals surface area contributed by atoms with Crippen molar-refractivity contribution in [3.63, 3.8) is 0 Å². The Morgan fingerprint density at radius 1 is 1.58 bits per heavy atom. The molecular weight excluding hydrogens is 245 g/mol. The number of halogens is 1. The number of nitrogens with zero attached hydrogens (tertiary/aromatic N) is 1. The number of hydrogen-bond acceptors (Lipinski definition) is 3. The molecule has 5 heteroatoms. The minimum absolute atomic E-state index is 0.0110. The molecule has 1 saturated heterocycles. The Labute approximate surface area is 112 Å². The maximum Gasteiger partial charge on any atom is 0.217 e. The standard InChI is InChI=1S/C14H20FN3O/c1-10(19)17-13-4-5-18(9-13)8-12-6-11(7-16)2-3-14(12)15/h2-3,6,13H,4-5,7-9,16H2,1H3,(H,17,19). The van der Waals surface area contributed by atoms with Crippen molar-refractivity contribution in [1.29, 1.82) is 0 Å². The summed E-state index contributed by atoms with van der Waals surface area (Å²) in [4.78, 5) is 13.2. The molecule has 1 aromatic carbocycles. The molecule has 0 bridgehead atoms. The molecule has 0 saturated carbocycles. The lowest BCUT2D eigenvalue weighted by Crippen LogP contribution is -2.35. The Morgan fingerprint density at radius 2 is 2.37 bits per heavy atom. The molecule has 104 valence electrons. The third kappa shape index (κ3) is 3.75. The van der Waals surface area contributed by atoms with Crippen LogP contribution in [0.2, 0.25) is 0 Å². The van der Waals surface area contributed by atoms with Crippen LogP contribution in [0.1, 0.15) is 24.5 Å². The zero-order valence-corrected chi connectivity index (χ0v) is 11.2. The van der Waals surface area contributed by atoms with Gasteiger partial charge in [0.2, 0.25) is 5.91 Å². The normalized spacial score (nSPS) is 19.6. The molecular formula is C14H20FN3O. The molecule has 1 fully saturated rings. The maximum absolute atomic E-state index is 13.7. The van der Waals surface area contributed by atoms with Gasteiger partial charge in [0.15, 0.2) is 0 Å². The topological polar surface area (TPSA) is 58.4 Å². The van der Waals surface area contributed by atoms with Crippen molar-refractivity contribution in [2.45, 2.75) is 32.5 Å². The third-order valence-corrected chi connectivity index (χ3v) is 3.42. The quantitative estimate of drug-likeness (QED) is 0.853. The lowest BCUT2D eigenvalue weighted by Gasteiger charge is -2.17. The summed E-state index contributed by atoms with van der Waals surface area (Å²) in [6.45, 7) is 4.15. The van der Waals surface area contributed by atoms with Gasteiger partial charge in [-0.25, -0.2) is 4.39 Å². The second-order valence-corrected chi connectivity index (χ2v) is 5.05. The summed E-state index contributed by atoms with van der Waals surface area (Å²) in [5.74, 6) is -0.205. The first kappa shape index (κ1) is 14.0. The highest BCUT2D eigenvalue weighted by atomic mass is 19.1. The number of hydrogen-bond donors (Lipinski definition) is 2. The first-order valence-electron chi connectivity index (χ1n) is 6.55. The Balaban J connectivity index is 1.97. The van der Waals surface area contributed by atoms with E-state index in [1.807, 2.05) is 6.07 Å². The molecule has 0 aromatic heterocycles. The third-order valence-electron chi connectivity index (χ3n) is 3.42. The fourth-order valence-electron chi connectivity index (χ4n) is 2.50. The highest BCUT2D eigenvalue weighted by Gasteiger charge is 2.23. The van der Waals surface area contributed by atoms with Crippen molar-refractivity contribution in [2.75, 3.05) is 13.1 Å². The molecule has 3 N–H and O–H groups in total. The second kappa shape index (κ2) is 6.12. The van der Waals surface area contributed by atoms with Crippen LogP contribution in [0, 0.1) is 5.82 Å². The van der Waals surface area contributed by atoms with Gasteiger partial charge >= 0.3 is 0 Å². The zero-order chi connectivity index (χ0) is 13.8. The summed E-state index contributed by atoms with van der Waals surface area (Å²) in [7, 11) is 0. The number of likely N-dealkylation sites (tertiary alicyclic amines) is 1. The van der Waals surface area contributed by atoms with Crippen molar-refractivity contribution in [1.82, 2.24) is 10.2 Å². The second-order valence-electron chi connectivity index (χ2n) is 5.05. The fourth-order valence-corrected chi connectivity index (χ4v) is 2.50. The van der Waals surface area contributed by atoms with Crippen LogP contribution in [-0.4, -0.2) is 29.9 Å². The highest BCUT2D eigenvalue weighted by Crippen LogP contribution is 2.17. The first-order chi connectivity index (χ1) is 9.08. The van der Waals surface area contributed by atoms with Crippen molar-refractivity contribution in [3.8, 4) is 0 Å². The highest BCUT2D eigenvalue weighted by molar-refractivity contribution is 5.73. The minimum atomic E-state index is -0.194. The Bertz CT molecular complexity index is 464. The summed E-state index contributed by atoms with van der Waals surface area (Å²) in [6, 6.07) is 5.18. The Hall–Kier alpha value is -1.46. The molecule has 1 amide bonds. The minimum Gasteiger partial charge on any atom is -0.352 e. The van der Waals surface area contributed by atoms with Crippen molar-refractivity contribution in [2.24, 2.45) is 5.73 Å². The van der Waals surface area contributed by atoms with Crippen molar-refractivity contribution in [3.05, 3.63) is 35.1 Å². The lowest BCUT2D eigenvalue weighted by molar-refractivity contribution is -0.119. The van der Waals surface area contributed by atoms with Crippen LogP contribution in [0.3, 0.4) is 0 Å². The van der Waals surface area contributed by atoms with Crippen molar-refractivity contribution < 1.29 is 9.18 Å². The van der Waals surface area contributed by atoms with E-state index < -0.39 is 0 Å². The average molecular weight is 265 g/mol. The number of nitrogens with two attached hydrogens (primary N) is 1. The SMILES string of the molecule is CC(=O)NC1CCN(Cc2cc(CN)ccc2F)C1. The number of carbonyl (C=O) groups excluding carboxylic acids is 1. The number of benzene rings is 1. The summed E-state index contributed by atoms with van der Waals surface area (Å²) in [5.41, 5.74) is 7.18. The molecule has 1 atom stereocenters. The predicted octanol–water partition coefficient (Wildman–Crippen LogP) is 0.995. The van der Waals surface area contributed by atoms with Crippen molar-refractivity contribution >= 4 is 5.91 Å². The molecule has 0 spiro atoms. The average Bonchev–Trinajstić information content (AvgIpc) is 2.78. The Kier molecular flexibility index (Phi) is 4.50. The van der Waals surface area contributed by atoms with Crippen LogP contribution < -0.4 is 11.1 Å². The van der Waals surface area contributed by atoms with Gasteiger partial charge < -0.3 is 11.1 Å². The van der Waals surface area contributed by atoms with Crippen LogP contribution in [-0.2, 0) is 17.9 Å². The molecule has 1 aromatic rings. The van der Waals surface area contributed by atoms with Gasteiger partial charge in [-0.15, -0.1) is 0 Å². The number of nitrogens with one attached hydrogen (secondary N) is 1. The van der Waals surface area contributed by atoms with E-state index in [4.69, 9.17) is 5.73 Å². The van der Waals surface area contributed by atoms with Crippen LogP contribution in [0.15, 0.2) is 18.2 Å². The summed E-state index contributed by atoms with van der Waals surface area (Å²) in [5, 5.41) is 2.90. The molecule has 0 aliphatic carbocycles. The summed E-state index contributed by atoms with van der Waals surface area (Å²) in [6.07, 6.45) is 0.914. The molecule has 1 heterocycles. The van der Waals surface area contributed by atoms with Gasteiger partial charge in [0, 0.05) is 44.7 Å². The number of amides is 1. The predicted molar refractivity (Wildman–Crippen MR) is 71.8 cm³/mol. The van der Waals surface area contributed by atoms with E-state index in [1.165, 1.54) is 13.0 Å². The van der Waals surface area contributed by atoms with Crippen LogP contribution in [0.4, 0.5) is 4.39 Å². The van der Waals surface area contributed by atoms with Gasteiger partial charge in [-0.3, -0.25) is 9.69 Å². The lowest BCUT2D eigenvalue weighted by atomic mass is 10.1. The molecule has 19 heavy (non-hydrogen) atoms. The number of carbonyl (C=O) groups is 1. The molecule has 4 nitrogen and oxygen atoms in total. The van der Waals surface area contributed by atoms with Gasteiger partial charge in [0.25, 0.3) is 0 Å². The van der Waals surface area contributed by atoms with E-state index in [0.717, 1.165) is 25.1 Å². The maximum atomic E-state index is 13.7. The number of rotatable bonds is 4. The molecule has 2 rings (SSSR count).